The van der Waals surface area contributed by atoms with Gasteiger partial charge in [0.05, 0.1) is 6.61 Å². The van der Waals surface area contributed by atoms with Crippen LogP contribution in [0.5, 0.6) is 5.75 Å². The zero-order valence-electron chi connectivity index (χ0n) is 10.8. The molecule has 0 aromatic heterocycles. The lowest BCUT2D eigenvalue weighted by atomic mass is 10.2. The number of terminal acetylenes is 1. The first-order chi connectivity index (χ1) is 8.79. The lowest BCUT2D eigenvalue weighted by Crippen LogP contribution is -2.15. The third-order valence-electron chi connectivity index (χ3n) is 2.50. The van der Waals surface area contributed by atoms with Crippen LogP contribution in [0.25, 0.3) is 0 Å². The van der Waals surface area contributed by atoms with E-state index in [2.05, 4.69) is 18.2 Å². The van der Waals surface area contributed by atoms with E-state index in [4.69, 9.17) is 11.2 Å². The molecule has 98 valence electrons. The molecule has 1 rings (SSSR count). The number of hydrogen-bond acceptors (Lipinski definition) is 2. The number of benzene rings is 1. The van der Waals surface area contributed by atoms with Crippen LogP contribution in [0, 0.1) is 18.2 Å². The van der Waals surface area contributed by atoms with E-state index in [-0.39, 0.29) is 5.82 Å². The number of rotatable bonds is 8. The van der Waals surface area contributed by atoms with Gasteiger partial charge in [-0.1, -0.05) is 19.1 Å². The van der Waals surface area contributed by atoms with Crippen molar-refractivity contribution in [2.75, 3.05) is 13.2 Å². The van der Waals surface area contributed by atoms with E-state index in [1.54, 1.807) is 6.07 Å². The van der Waals surface area contributed by atoms with E-state index in [0.29, 0.717) is 25.3 Å². The van der Waals surface area contributed by atoms with Gasteiger partial charge >= 0.3 is 0 Å². The molecule has 1 aromatic rings. The molecule has 1 N–H and O–H groups in total. The van der Waals surface area contributed by atoms with Crippen LogP contribution in [0.15, 0.2) is 18.2 Å². The minimum Gasteiger partial charge on any atom is -0.490 e. The lowest BCUT2D eigenvalue weighted by molar-refractivity contribution is 0.293. The fraction of sp³-hybridized carbons (Fsp3) is 0.467. The van der Waals surface area contributed by atoms with Gasteiger partial charge in [0.15, 0.2) is 11.6 Å². The Labute approximate surface area is 109 Å². The molecule has 0 heterocycles. The SMILES string of the molecule is C#CCCCOc1c(F)cccc1CNCCC. The molecule has 18 heavy (non-hydrogen) atoms. The van der Waals surface area contributed by atoms with Crippen molar-refractivity contribution in [1.82, 2.24) is 5.32 Å². The molecule has 0 bridgehead atoms. The normalized spacial score (nSPS) is 10.1. The van der Waals surface area contributed by atoms with Gasteiger partial charge in [-0.05, 0) is 25.5 Å². The number of nitrogens with one attached hydrogen (secondary N) is 1. The summed E-state index contributed by atoms with van der Waals surface area (Å²) in [4.78, 5) is 0. The van der Waals surface area contributed by atoms with Gasteiger partial charge in [0.25, 0.3) is 0 Å². The molecule has 0 fully saturated rings. The number of halogens is 1. The number of ether oxygens (including phenoxy) is 1. The van der Waals surface area contributed by atoms with Crippen molar-refractivity contribution in [3.63, 3.8) is 0 Å². The second-order valence-electron chi connectivity index (χ2n) is 4.06. The maximum atomic E-state index is 13.7. The predicted octanol–water partition coefficient (Wildman–Crippen LogP) is 3.12. The monoisotopic (exact) mass is 249 g/mol. The summed E-state index contributed by atoms with van der Waals surface area (Å²) in [6.07, 6.45) is 7.60. The van der Waals surface area contributed by atoms with Gasteiger partial charge in [0.2, 0.25) is 0 Å². The summed E-state index contributed by atoms with van der Waals surface area (Å²) in [5.41, 5.74) is 0.851. The van der Waals surface area contributed by atoms with Crippen LogP contribution in [-0.2, 0) is 6.54 Å². The molecule has 0 unspecified atom stereocenters. The van der Waals surface area contributed by atoms with Crippen LogP contribution in [-0.4, -0.2) is 13.2 Å². The smallest absolute Gasteiger partial charge is 0.165 e. The van der Waals surface area contributed by atoms with Gasteiger partial charge in [-0.25, -0.2) is 4.39 Å². The van der Waals surface area contributed by atoms with Crippen molar-refractivity contribution < 1.29 is 9.13 Å². The van der Waals surface area contributed by atoms with Crippen LogP contribution in [0.1, 0.15) is 31.7 Å². The second kappa shape index (κ2) is 8.54. The first-order valence-electron chi connectivity index (χ1n) is 6.34. The van der Waals surface area contributed by atoms with E-state index >= 15 is 0 Å². The zero-order valence-corrected chi connectivity index (χ0v) is 10.8. The van der Waals surface area contributed by atoms with Crippen molar-refractivity contribution in [2.24, 2.45) is 0 Å². The van der Waals surface area contributed by atoms with Crippen LogP contribution < -0.4 is 10.1 Å². The number of unbranched alkanes of at least 4 members (excludes halogenated alkanes) is 1. The Morgan fingerprint density at radius 3 is 3.00 bits per heavy atom. The maximum absolute atomic E-state index is 13.7. The van der Waals surface area contributed by atoms with E-state index in [9.17, 15) is 4.39 Å². The molecule has 0 saturated heterocycles. The first kappa shape index (κ1) is 14.5. The molecule has 0 aliphatic heterocycles. The molecule has 0 aliphatic carbocycles. The fourth-order valence-electron chi connectivity index (χ4n) is 1.60. The standard InChI is InChI=1S/C15H20FNO/c1-3-5-6-11-18-15-13(12-17-10-4-2)8-7-9-14(15)16/h1,7-9,17H,4-6,10-12H2,2H3. The largest absolute Gasteiger partial charge is 0.490 e. The highest BCUT2D eigenvalue weighted by atomic mass is 19.1. The summed E-state index contributed by atoms with van der Waals surface area (Å²) in [6, 6.07) is 4.99. The van der Waals surface area contributed by atoms with Gasteiger partial charge in [-0.15, -0.1) is 12.3 Å². The van der Waals surface area contributed by atoms with Crippen molar-refractivity contribution >= 4 is 0 Å². The van der Waals surface area contributed by atoms with Gasteiger partial charge in [0.1, 0.15) is 0 Å². The highest BCUT2D eigenvalue weighted by molar-refractivity contribution is 5.34. The Morgan fingerprint density at radius 2 is 2.28 bits per heavy atom. The molecular formula is C15H20FNO. The molecule has 0 spiro atoms. The van der Waals surface area contributed by atoms with E-state index in [0.717, 1.165) is 24.9 Å². The molecule has 0 aliphatic rings. The van der Waals surface area contributed by atoms with Crippen LogP contribution >= 0.6 is 0 Å². The fourth-order valence-corrected chi connectivity index (χ4v) is 1.60. The highest BCUT2D eigenvalue weighted by Crippen LogP contribution is 2.22. The molecule has 3 heteroatoms. The molecular weight excluding hydrogens is 229 g/mol. The average Bonchev–Trinajstić information content (AvgIpc) is 2.37. The minimum absolute atomic E-state index is 0.313. The van der Waals surface area contributed by atoms with Gasteiger partial charge in [0, 0.05) is 18.5 Å². The third-order valence-corrected chi connectivity index (χ3v) is 2.50. The molecule has 0 radical (unpaired) electrons. The highest BCUT2D eigenvalue weighted by Gasteiger charge is 2.09. The molecule has 0 amide bonds. The number of para-hydroxylation sites is 1. The third kappa shape index (κ3) is 4.77. The van der Waals surface area contributed by atoms with E-state index in [1.807, 2.05) is 6.07 Å². The average molecular weight is 249 g/mol. The zero-order chi connectivity index (χ0) is 13.2. The molecule has 0 atom stereocenters. The summed E-state index contributed by atoms with van der Waals surface area (Å²) in [5, 5.41) is 3.24. The van der Waals surface area contributed by atoms with Gasteiger partial charge in [-0.3, -0.25) is 0 Å². The van der Waals surface area contributed by atoms with Crippen molar-refractivity contribution in [2.45, 2.75) is 32.7 Å². The summed E-state index contributed by atoms with van der Waals surface area (Å²) in [5.74, 6) is 2.57. The number of hydrogen-bond donors (Lipinski definition) is 1. The Kier molecular flexibility index (Phi) is 6.90. The maximum Gasteiger partial charge on any atom is 0.165 e. The predicted molar refractivity (Wildman–Crippen MR) is 72.0 cm³/mol. The second-order valence-corrected chi connectivity index (χ2v) is 4.06. The van der Waals surface area contributed by atoms with Crippen LogP contribution in [0.4, 0.5) is 4.39 Å². The minimum atomic E-state index is -0.313. The Balaban J connectivity index is 2.59. The van der Waals surface area contributed by atoms with Crippen LogP contribution in [0.3, 0.4) is 0 Å². The quantitative estimate of drug-likeness (QED) is 0.564. The molecule has 0 saturated carbocycles. The molecule has 1 aromatic carbocycles. The summed E-state index contributed by atoms with van der Waals surface area (Å²) < 4.78 is 19.2. The molecule has 2 nitrogen and oxygen atoms in total. The van der Waals surface area contributed by atoms with Crippen LogP contribution in [0.2, 0.25) is 0 Å². The van der Waals surface area contributed by atoms with Gasteiger partial charge in [-0.2, -0.15) is 0 Å². The Bertz CT molecular complexity index is 398. The summed E-state index contributed by atoms with van der Waals surface area (Å²) >= 11 is 0. The first-order valence-corrected chi connectivity index (χ1v) is 6.34. The Morgan fingerprint density at radius 1 is 1.44 bits per heavy atom. The van der Waals surface area contributed by atoms with E-state index < -0.39 is 0 Å². The lowest BCUT2D eigenvalue weighted by Gasteiger charge is -2.12. The topological polar surface area (TPSA) is 21.3 Å². The summed E-state index contributed by atoms with van der Waals surface area (Å²) in [7, 11) is 0. The van der Waals surface area contributed by atoms with E-state index in [1.165, 1.54) is 6.07 Å². The van der Waals surface area contributed by atoms with Crippen molar-refractivity contribution in [3.8, 4) is 18.1 Å². The van der Waals surface area contributed by atoms with Gasteiger partial charge < -0.3 is 10.1 Å². The van der Waals surface area contributed by atoms with Crippen molar-refractivity contribution in [1.29, 1.82) is 0 Å². The Hall–Kier alpha value is -1.53. The van der Waals surface area contributed by atoms with Crippen molar-refractivity contribution in [3.05, 3.63) is 29.6 Å². The summed E-state index contributed by atoms with van der Waals surface area (Å²) in [6.45, 7) is 4.07.